The number of rotatable bonds is 8. The second-order valence-corrected chi connectivity index (χ2v) is 8.02. The van der Waals surface area contributed by atoms with Crippen LogP contribution >= 0.6 is 0 Å². The summed E-state index contributed by atoms with van der Waals surface area (Å²) in [7, 11) is 0. The van der Waals surface area contributed by atoms with Crippen molar-refractivity contribution in [2.75, 3.05) is 13.2 Å². The second-order valence-electron chi connectivity index (χ2n) is 8.02. The normalized spacial score (nSPS) is 14.7. The molecule has 9 nitrogen and oxygen atoms in total. The summed E-state index contributed by atoms with van der Waals surface area (Å²) in [5, 5.41) is 1.08. The van der Waals surface area contributed by atoms with Crippen molar-refractivity contribution in [3.63, 3.8) is 0 Å². The van der Waals surface area contributed by atoms with Gasteiger partial charge in [0.1, 0.15) is 5.75 Å². The highest BCUT2D eigenvalue weighted by molar-refractivity contribution is 5.99. The summed E-state index contributed by atoms with van der Waals surface area (Å²) in [4.78, 5) is 61.4. The van der Waals surface area contributed by atoms with Crippen molar-refractivity contribution in [3.8, 4) is 5.75 Å². The van der Waals surface area contributed by atoms with Gasteiger partial charge in [-0.3, -0.25) is 29.6 Å². The third-order valence-electron chi connectivity index (χ3n) is 5.47. The summed E-state index contributed by atoms with van der Waals surface area (Å²) in [5.41, 5.74) is 3.52. The first-order chi connectivity index (χ1) is 17.4. The van der Waals surface area contributed by atoms with E-state index in [1.165, 1.54) is 24.3 Å². The number of hydrazine groups is 1. The Bertz CT molecular complexity index is 1270. The highest BCUT2D eigenvalue weighted by atomic mass is 16.5. The molecule has 0 aliphatic carbocycles. The molecule has 1 fully saturated rings. The Balaban J connectivity index is 1.25. The Morgan fingerprint density at radius 1 is 0.806 bits per heavy atom. The van der Waals surface area contributed by atoms with E-state index in [1.807, 2.05) is 0 Å². The van der Waals surface area contributed by atoms with Gasteiger partial charge < -0.3 is 9.47 Å². The highest BCUT2D eigenvalue weighted by Gasteiger charge is 2.36. The summed E-state index contributed by atoms with van der Waals surface area (Å²) in [6.07, 6.45) is -0.135. The summed E-state index contributed by atoms with van der Waals surface area (Å²) >= 11 is 0. The molecule has 2 amide bonds. The zero-order chi connectivity index (χ0) is 25.5. The van der Waals surface area contributed by atoms with E-state index in [1.54, 1.807) is 60.7 Å². The van der Waals surface area contributed by atoms with Crippen molar-refractivity contribution < 1.29 is 33.4 Å². The number of Topliss-reactive ketones (excluding diaryl/α,β-unsaturated/α-hetero) is 1. The van der Waals surface area contributed by atoms with Gasteiger partial charge in [-0.1, -0.05) is 36.4 Å². The smallest absolute Gasteiger partial charge is 0.343 e. The maximum atomic E-state index is 12.4. The number of ether oxygens (including phenoxy) is 2. The van der Waals surface area contributed by atoms with Gasteiger partial charge in [0.15, 0.2) is 12.4 Å². The van der Waals surface area contributed by atoms with Crippen molar-refractivity contribution in [1.82, 2.24) is 10.4 Å². The molecule has 1 N–H and O–H groups in total. The van der Waals surface area contributed by atoms with Crippen LogP contribution in [0.3, 0.4) is 0 Å². The zero-order valence-corrected chi connectivity index (χ0v) is 19.1. The summed E-state index contributed by atoms with van der Waals surface area (Å²) < 4.78 is 10.4. The molecule has 1 atom stereocenters. The lowest BCUT2D eigenvalue weighted by Gasteiger charge is -2.17. The third-order valence-corrected chi connectivity index (χ3v) is 5.47. The van der Waals surface area contributed by atoms with Gasteiger partial charge in [0.2, 0.25) is 5.91 Å². The molecule has 0 spiro atoms. The van der Waals surface area contributed by atoms with Crippen LogP contribution in [0.15, 0.2) is 84.9 Å². The molecule has 36 heavy (non-hydrogen) atoms. The lowest BCUT2D eigenvalue weighted by molar-refractivity contribution is -0.147. The molecule has 0 radical (unpaired) electrons. The Morgan fingerprint density at radius 3 is 2.06 bits per heavy atom. The van der Waals surface area contributed by atoms with Crippen molar-refractivity contribution in [3.05, 3.63) is 102 Å². The van der Waals surface area contributed by atoms with E-state index in [0.717, 1.165) is 5.01 Å². The quantitative estimate of drug-likeness (QED) is 0.295. The van der Waals surface area contributed by atoms with Crippen molar-refractivity contribution in [2.45, 2.75) is 6.42 Å². The van der Waals surface area contributed by atoms with Crippen LogP contribution < -0.4 is 10.2 Å². The summed E-state index contributed by atoms with van der Waals surface area (Å²) in [6.45, 7) is -0.561. The fraction of sp³-hybridized carbons (Fsp3) is 0.148. The molecule has 3 aromatic rings. The van der Waals surface area contributed by atoms with E-state index in [4.69, 9.17) is 9.47 Å². The average molecular weight is 486 g/mol. The molecule has 0 aromatic heterocycles. The van der Waals surface area contributed by atoms with Crippen molar-refractivity contribution in [1.29, 1.82) is 0 Å². The van der Waals surface area contributed by atoms with E-state index in [0.29, 0.717) is 11.1 Å². The van der Waals surface area contributed by atoms with E-state index in [9.17, 15) is 24.0 Å². The largest absolute Gasteiger partial charge is 0.457 e. The minimum Gasteiger partial charge on any atom is -0.457 e. The zero-order valence-electron chi connectivity index (χ0n) is 19.1. The number of benzene rings is 3. The Hall–Kier alpha value is -4.79. The molecule has 0 saturated carbocycles. The predicted molar refractivity (Wildman–Crippen MR) is 127 cm³/mol. The summed E-state index contributed by atoms with van der Waals surface area (Å²) in [5.74, 6) is -3.12. The topological polar surface area (TPSA) is 119 Å². The molecule has 1 aliphatic heterocycles. The van der Waals surface area contributed by atoms with Gasteiger partial charge in [0.05, 0.1) is 18.0 Å². The minimum absolute atomic E-state index is 0.0497. The second kappa shape index (κ2) is 11.1. The van der Waals surface area contributed by atoms with Crippen LogP contribution in [0.5, 0.6) is 5.75 Å². The highest BCUT2D eigenvalue weighted by Crippen LogP contribution is 2.19. The standard InChI is InChI=1S/C27H22N2O7/c30-23(18-11-13-22(14-12-18)36-27(34)20-9-5-2-6-10-20)17-35-26(33)21-15-24(31)29(16-21)28-25(32)19-7-3-1-4-8-19/h1-14,21H,15-17H2,(H,28,32)/t21-/m0/s1. The van der Waals surface area contributed by atoms with Crippen LogP contribution in [-0.4, -0.2) is 47.7 Å². The molecule has 3 aromatic carbocycles. The molecule has 182 valence electrons. The Morgan fingerprint density at radius 2 is 1.42 bits per heavy atom. The van der Waals surface area contributed by atoms with E-state index < -0.39 is 42.1 Å². The molecular formula is C27H22N2O7. The lowest BCUT2D eigenvalue weighted by atomic mass is 10.1. The maximum Gasteiger partial charge on any atom is 0.343 e. The lowest BCUT2D eigenvalue weighted by Crippen LogP contribution is -2.43. The van der Waals surface area contributed by atoms with Crippen LogP contribution in [0.1, 0.15) is 37.5 Å². The van der Waals surface area contributed by atoms with E-state index in [-0.39, 0.29) is 24.3 Å². The van der Waals surface area contributed by atoms with Crippen LogP contribution in [0, 0.1) is 5.92 Å². The third kappa shape index (κ3) is 6.01. The van der Waals surface area contributed by atoms with Gasteiger partial charge in [-0.25, -0.2) is 4.79 Å². The molecule has 1 aliphatic rings. The fourth-order valence-electron chi connectivity index (χ4n) is 3.54. The van der Waals surface area contributed by atoms with Crippen LogP contribution in [0.25, 0.3) is 0 Å². The first kappa shape index (κ1) is 24.3. The molecule has 0 unspecified atom stereocenters. The molecule has 4 rings (SSSR count). The van der Waals surface area contributed by atoms with E-state index >= 15 is 0 Å². The van der Waals surface area contributed by atoms with Crippen LogP contribution in [0.2, 0.25) is 0 Å². The number of hydrogen-bond donors (Lipinski definition) is 1. The molecule has 9 heteroatoms. The maximum absolute atomic E-state index is 12.4. The van der Waals surface area contributed by atoms with Crippen molar-refractivity contribution in [2.24, 2.45) is 5.92 Å². The summed E-state index contributed by atoms with van der Waals surface area (Å²) in [6, 6.07) is 22.7. The van der Waals surface area contributed by atoms with Gasteiger partial charge in [-0.15, -0.1) is 0 Å². The monoisotopic (exact) mass is 486 g/mol. The molecule has 1 heterocycles. The van der Waals surface area contributed by atoms with Crippen LogP contribution in [-0.2, 0) is 14.3 Å². The predicted octanol–water partition coefficient (Wildman–Crippen LogP) is 2.83. The number of nitrogens with one attached hydrogen (secondary N) is 1. The number of nitrogens with zero attached hydrogens (tertiary/aromatic N) is 1. The van der Waals surface area contributed by atoms with Gasteiger partial charge in [0.25, 0.3) is 5.91 Å². The first-order valence-electron chi connectivity index (χ1n) is 11.1. The number of carbonyl (C=O) groups is 5. The van der Waals surface area contributed by atoms with Gasteiger partial charge in [-0.05, 0) is 48.5 Å². The van der Waals surface area contributed by atoms with E-state index in [2.05, 4.69) is 5.43 Å². The van der Waals surface area contributed by atoms with Crippen molar-refractivity contribution >= 4 is 29.5 Å². The Kier molecular flexibility index (Phi) is 7.50. The van der Waals surface area contributed by atoms with Gasteiger partial charge in [-0.2, -0.15) is 0 Å². The van der Waals surface area contributed by atoms with Gasteiger partial charge in [0, 0.05) is 17.5 Å². The number of amides is 2. The van der Waals surface area contributed by atoms with Crippen LogP contribution in [0.4, 0.5) is 0 Å². The fourth-order valence-corrected chi connectivity index (χ4v) is 3.54. The SMILES string of the molecule is O=C(COC(=O)[C@H]1CC(=O)N(NC(=O)c2ccccc2)C1)c1ccc(OC(=O)c2ccccc2)cc1. The molecular weight excluding hydrogens is 464 g/mol. The first-order valence-corrected chi connectivity index (χ1v) is 11.1. The number of esters is 2. The molecule has 1 saturated heterocycles. The molecule has 0 bridgehead atoms. The number of carbonyl (C=O) groups excluding carboxylic acids is 5. The average Bonchev–Trinajstić information content (AvgIpc) is 3.28. The number of ketones is 1. The minimum atomic E-state index is -0.804. The Labute approximate surface area is 206 Å². The number of hydrogen-bond acceptors (Lipinski definition) is 7. The van der Waals surface area contributed by atoms with Gasteiger partial charge >= 0.3 is 11.9 Å².